The number of hydrogen-bond donors (Lipinski definition) is 1. The van der Waals surface area contributed by atoms with Gasteiger partial charge in [0, 0.05) is 23.5 Å². The number of hydrogen-bond acceptors (Lipinski definition) is 5. The van der Waals surface area contributed by atoms with Gasteiger partial charge >= 0.3 is 5.97 Å². The van der Waals surface area contributed by atoms with Crippen molar-refractivity contribution in [1.29, 1.82) is 0 Å². The van der Waals surface area contributed by atoms with Gasteiger partial charge in [-0.2, -0.15) is 0 Å². The van der Waals surface area contributed by atoms with Crippen LogP contribution < -0.4 is 4.74 Å². The monoisotopic (exact) mass is 356 g/mol. The van der Waals surface area contributed by atoms with Crippen LogP contribution in [0, 0.1) is 0 Å². The number of methoxy groups -OCH3 is 1. The van der Waals surface area contributed by atoms with Gasteiger partial charge in [0.25, 0.3) is 5.91 Å². The van der Waals surface area contributed by atoms with Crippen LogP contribution in [0.4, 0.5) is 0 Å². The number of carbonyl (C=O) groups excluding carboxylic acids is 1. The van der Waals surface area contributed by atoms with Crippen LogP contribution in [-0.4, -0.2) is 59.8 Å². The zero-order chi connectivity index (χ0) is 18.3. The highest BCUT2D eigenvalue weighted by Gasteiger charge is 2.32. The normalized spacial score (nSPS) is 20.2. The summed E-state index contributed by atoms with van der Waals surface area (Å²) in [5, 5.41) is 9.90. The molecule has 0 spiro atoms. The van der Waals surface area contributed by atoms with Crippen molar-refractivity contribution in [3.05, 3.63) is 35.5 Å². The summed E-state index contributed by atoms with van der Waals surface area (Å²) in [6.07, 6.45) is 1.18. The molecule has 0 bridgehead atoms. The van der Waals surface area contributed by atoms with Crippen molar-refractivity contribution >= 4 is 22.8 Å². The van der Waals surface area contributed by atoms with Crippen molar-refractivity contribution in [2.75, 3.05) is 26.8 Å². The van der Waals surface area contributed by atoms with Crippen molar-refractivity contribution in [3.8, 4) is 5.75 Å². The summed E-state index contributed by atoms with van der Waals surface area (Å²) in [7, 11) is 1.58. The Hall–Kier alpha value is -2.67. The molecule has 1 aliphatic heterocycles. The third-order valence-corrected chi connectivity index (χ3v) is 4.89. The summed E-state index contributed by atoms with van der Waals surface area (Å²) in [5.41, 5.74) is 2.22. The lowest BCUT2D eigenvalue weighted by molar-refractivity contribution is -0.154. The Kier molecular flexibility index (Phi) is 4.24. The van der Waals surface area contributed by atoms with E-state index in [2.05, 4.69) is 0 Å². The van der Waals surface area contributed by atoms with Gasteiger partial charge in [-0.3, -0.25) is 9.78 Å². The molecule has 26 heavy (non-hydrogen) atoms. The van der Waals surface area contributed by atoms with Crippen molar-refractivity contribution in [2.45, 2.75) is 24.9 Å². The number of pyridine rings is 1. The van der Waals surface area contributed by atoms with Crippen LogP contribution >= 0.6 is 0 Å². The van der Waals surface area contributed by atoms with E-state index in [9.17, 15) is 14.7 Å². The number of ether oxygens (including phenoxy) is 2. The zero-order valence-electron chi connectivity index (χ0n) is 14.5. The van der Waals surface area contributed by atoms with E-state index in [1.54, 1.807) is 18.1 Å². The first-order chi connectivity index (χ1) is 12.6. The highest BCUT2D eigenvalue weighted by molar-refractivity contribution is 6.06. The lowest BCUT2D eigenvalue weighted by Gasteiger charge is -2.31. The first-order valence-electron chi connectivity index (χ1n) is 8.69. The van der Waals surface area contributed by atoms with Crippen LogP contribution in [0.15, 0.2) is 24.3 Å². The molecule has 1 atom stereocenters. The molecule has 1 amide bonds. The number of amides is 1. The number of aromatic nitrogens is 1. The molecule has 2 heterocycles. The second kappa shape index (κ2) is 6.57. The van der Waals surface area contributed by atoms with Crippen molar-refractivity contribution in [3.63, 3.8) is 0 Å². The average Bonchev–Trinajstić information content (AvgIpc) is 3.51. The third-order valence-electron chi connectivity index (χ3n) is 4.89. The summed E-state index contributed by atoms with van der Waals surface area (Å²) < 4.78 is 10.5. The maximum Gasteiger partial charge on any atom is 0.334 e. The minimum absolute atomic E-state index is 0.0424. The van der Waals surface area contributed by atoms with Gasteiger partial charge in [-0.05, 0) is 37.1 Å². The molecule has 7 nitrogen and oxygen atoms in total. The van der Waals surface area contributed by atoms with E-state index in [1.807, 2.05) is 18.2 Å². The van der Waals surface area contributed by atoms with E-state index < -0.39 is 12.1 Å². The molecule has 7 heteroatoms. The zero-order valence-corrected chi connectivity index (χ0v) is 14.5. The van der Waals surface area contributed by atoms with Gasteiger partial charge in [-0.15, -0.1) is 0 Å². The smallest absolute Gasteiger partial charge is 0.334 e. The summed E-state index contributed by atoms with van der Waals surface area (Å²) in [4.78, 5) is 30.7. The van der Waals surface area contributed by atoms with Crippen LogP contribution in [0.3, 0.4) is 0 Å². The SMILES string of the molecule is COc1ccc2nc(C3CC3)cc(C(=O)N3CCOC(C(=O)O)C3)c2c1. The van der Waals surface area contributed by atoms with Gasteiger partial charge in [0.2, 0.25) is 0 Å². The molecule has 1 saturated carbocycles. The molecule has 0 radical (unpaired) electrons. The van der Waals surface area contributed by atoms with Crippen LogP contribution in [0.5, 0.6) is 5.75 Å². The Morgan fingerprint density at radius 3 is 2.81 bits per heavy atom. The summed E-state index contributed by atoms with van der Waals surface area (Å²) >= 11 is 0. The molecule has 4 rings (SSSR count). The van der Waals surface area contributed by atoms with Crippen molar-refractivity contribution < 1.29 is 24.2 Å². The fourth-order valence-corrected chi connectivity index (χ4v) is 3.27. The summed E-state index contributed by atoms with van der Waals surface area (Å²) in [6, 6.07) is 7.35. The Morgan fingerprint density at radius 1 is 1.31 bits per heavy atom. The molecule has 2 aromatic rings. The van der Waals surface area contributed by atoms with E-state index >= 15 is 0 Å². The maximum absolute atomic E-state index is 13.2. The van der Waals surface area contributed by atoms with Gasteiger partial charge in [-0.1, -0.05) is 0 Å². The van der Waals surface area contributed by atoms with Crippen molar-refractivity contribution in [2.24, 2.45) is 0 Å². The molecule has 1 N–H and O–H groups in total. The topological polar surface area (TPSA) is 89.0 Å². The molecule has 1 saturated heterocycles. The maximum atomic E-state index is 13.2. The molecule has 1 unspecified atom stereocenters. The number of fused-ring (bicyclic) bond motifs is 1. The van der Waals surface area contributed by atoms with Gasteiger partial charge in [0.1, 0.15) is 5.75 Å². The molecular formula is C19H20N2O5. The summed E-state index contributed by atoms with van der Waals surface area (Å²) in [6.45, 7) is 0.625. The minimum atomic E-state index is -1.05. The van der Waals surface area contributed by atoms with Crippen LogP contribution in [-0.2, 0) is 9.53 Å². The third kappa shape index (κ3) is 3.10. The minimum Gasteiger partial charge on any atom is -0.497 e. The van der Waals surface area contributed by atoms with E-state index in [1.165, 1.54) is 0 Å². The molecule has 1 aromatic heterocycles. The summed E-state index contributed by atoms with van der Waals surface area (Å²) in [5.74, 6) is -0.188. The van der Waals surface area contributed by atoms with Gasteiger partial charge in [-0.25, -0.2) is 4.79 Å². The van der Waals surface area contributed by atoms with Gasteiger partial charge in [0.05, 0.1) is 31.3 Å². The number of benzene rings is 1. The number of carbonyl (C=O) groups is 2. The second-order valence-electron chi connectivity index (χ2n) is 6.70. The number of nitrogens with zero attached hydrogens (tertiary/aromatic N) is 2. The van der Waals surface area contributed by atoms with Crippen molar-refractivity contribution in [1.82, 2.24) is 9.88 Å². The highest BCUT2D eigenvalue weighted by Crippen LogP contribution is 2.40. The first-order valence-corrected chi connectivity index (χ1v) is 8.69. The lowest BCUT2D eigenvalue weighted by atomic mass is 10.0. The molecule has 1 aliphatic carbocycles. The highest BCUT2D eigenvalue weighted by atomic mass is 16.5. The van der Waals surface area contributed by atoms with Gasteiger partial charge in [0.15, 0.2) is 6.10 Å². The van der Waals surface area contributed by atoms with Crippen LogP contribution in [0.1, 0.15) is 34.8 Å². The fourth-order valence-electron chi connectivity index (χ4n) is 3.27. The Morgan fingerprint density at radius 2 is 2.12 bits per heavy atom. The number of carboxylic acids is 1. The average molecular weight is 356 g/mol. The van der Waals surface area contributed by atoms with Crippen LogP contribution in [0.25, 0.3) is 10.9 Å². The standard InChI is InChI=1S/C19H20N2O5/c1-25-12-4-5-15-13(8-12)14(9-16(20-15)11-2-3-11)18(22)21-6-7-26-17(10-21)19(23)24/h4-5,8-9,11,17H,2-3,6-7,10H2,1H3,(H,23,24). The number of morpholine rings is 1. The first kappa shape index (κ1) is 16.8. The van der Waals surface area contributed by atoms with E-state index in [4.69, 9.17) is 14.5 Å². The van der Waals surface area contributed by atoms with Gasteiger partial charge < -0.3 is 19.5 Å². The quantitative estimate of drug-likeness (QED) is 0.902. The number of rotatable bonds is 4. The second-order valence-corrected chi connectivity index (χ2v) is 6.70. The molecule has 2 fully saturated rings. The van der Waals surface area contributed by atoms with Crippen LogP contribution in [0.2, 0.25) is 0 Å². The predicted molar refractivity (Wildman–Crippen MR) is 93.5 cm³/mol. The predicted octanol–water partition coefficient (Wildman–Crippen LogP) is 2.05. The molecule has 136 valence electrons. The molecule has 2 aliphatic rings. The Balaban J connectivity index is 1.75. The fraction of sp³-hybridized carbons (Fsp3) is 0.421. The van der Waals surface area contributed by atoms with E-state index in [0.29, 0.717) is 23.8 Å². The largest absolute Gasteiger partial charge is 0.497 e. The number of aliphatic carboxylic acids is 1. The Bertz CT molecular complexity index is 878. The molecular weight excluding hydrogens is 336 g/mol. The van der Waals surface area contributed by atoms with E-state index in [-0.39, 0.29) is 19.1 Å². The van der Waals surface area contributed by atoms with E-state index in [0.717, 1.165) is 29.4 Å². The number of carboxylic acid groups (broad SMARTS) is 1. The Labute approximate surface area is 150 Å². The lowest BCUT2D eigenvalue weighted by Crippen LogP contribution is -2.48. The molecule has 1 aromatic carbocycles.